The maximum atomic E-state index is 10.9. The normalized spacial score (nSPS) is 10.3. The van der Waals surface area contributed by atoms with E-state index < -0.39 is 0 Å². The van der Waals surface area contributed by atoms with Crippen LogP contribution in [0.5, 0.6) is 0 Å². The van der Waals surface area contributed by atoms with Crippen LogP contribution in [0.15, 0.2) is 4.79 Å². The van der Waals surface area contributed by atoms with Gasteiger partial charge in [0.15, 0.2) is 0 Å². The fourth-order valence-electron chi connectivity index (χ4n) is 0.654. The van der Waals surface area contributed by atoms with E-state index in [0.29, 0.717) is 5.69 Å². The van der Waals surface area contributed by atoms with Crippen LogP contribution < -0.4 is 5.56 Å². The lowest BCUT2D eigenvalue weighted by Crippen LogP contribution is -2.17. The SMILES string of the molecule is CC(C)c1n[c]n[nH]c1=O. The summed E-state index contributed by atoms with van der Waals surface area (Å²) in [5, 5.41) is 5.61. The molecule has 1 aromatic rings. The maximum absolute atomic E-state index is 10.9. The Balaban J connectivity index is 3.16. The van der Waals surface area contributed by atoms with Crippen LogP contribution in [-0.4, -0.2) is 15.2 Å². The summed E-state index contributed by atoms with van der Waals surface area (Å²) in [7, 11) is 0. The molecule has 0 fully saturated rings. The van der Waals surface area contributed by atoms with E-state index >= 15 is 0 Å². The van der Waals surface area contributed by atoms with E-state index in [-0.39, 0.29) is 11.5 Å². The van der Waals surface area contributed by atoms with Crippen molar-refractivity contribution in [1.82, 2.24) is 15.2 Å². The summed E-state index contributed by atoms with van der Waals surface area (Å²) >= 11 is 0. The average molecular weight is 138 g/mol. The monoisotopic (exact) mass is 138 g/mol. The molecule has 0 aromatic carbocycles. The lowest BCUT2D eigenvalue weighted by atomic mass is 10.1. The summed E-state index contributed by atoms with van der Waals surface area (Å²) in [5.74, 6) is 0.128. The van der Waals surface area contributed by atoms with E-state index in [0.717, 1.165) is 0 Å². The van der Waals surface area contributed by atoms with Gasteiger partial charge in [0.25, 0.3) is 5.56 Å². The van der Waals surface area contributed by atoms with Gasteiger partial charge in [0.2, 0.25) is 6.33 Å². The topological polar surface area (TPSA) is 58.6 Å². The minimum Gasteiger partial charge on any atom is -0.266 e. The number of rotatable bonds is 1. The third-order valence-corrected chi connectivity index (χ3v) is 1.16. The maximum Gasteiger partial charge on any atom is 0.286 e. The van der Waals surface area contributed by atoms with Crippen molar-refractivity contribution in [2.45, 2.75) is 19.8 Å². The molecule has 1 radical (unpaired) electrons. The molecule has 0 amide bonds. The van der Waals surface area contributed by atoms with Gasteiger partial charge in [-0.15, -0.1) is 5.10 Å². The summed E-state index contributed by atoms with van der Waals surface area (Å²) < 4.78 is 0. The van der Waals surface area contributed by atoms with E-state index in [9.17, 15) is 4.79 Å². The van der Waals surface area contributed by atoms with Gasteiger partial charge in [0.05, 0.1) is 0 Å². The van der Waals surface area contributed by atoms with Crippen LogP contribution in [0.1, 0.15) is 25.5 Å². The highest BCUT2D eigenvalue weighted by molar-refractivity contribution is 4.97. The summed E-state index contributed by atoms with van der Waals surface area (Å²) in [6.45, 7) is 3.79. The second kappa shape index (κ2) is 2.60. The van der Waals surface area contributed by atoms with E-state index in [1.165, 1.54) is 0 Å². The molecule has 1 N–H and O–H groups in total. The molecular formula is C6H8N3O. The highest BCUT2D eigenvalue weighted by atomic mass is 16.1. The first-order chi connectivity index (χ1) is 4.72. The van der Waals surface area contributed by atoms with Gasteiger partial charge >= 0.3 is 0 Å². The van der Waals surface area contributed by atoms with Gasteiger partial charge in [0.1, 0.15) is 5.69 Å². The zero-order valence-electron chi connectivity index (χ0n) is 5.88. The van der Waals surface area contributed by atoms with Gasteiger partial charge in [0, 0.05) is 5.92 Å². The van der Waals surface area contributed by atoms with Crippen LogP contribution in [0.4, 0.5) is 0 Å². The van der Waals surface area contributed by atoms with Gasteiger partial charge in [-0.3, -0.25) is 4.79 Å². The summed E-state index contributed by atoms with van der Waals surface area (Å²) in [4.78, 5) is 14.6. The van der Waals surface area contributed by atoms with Crippen LogP contribution in [0.2, 0.25) is 0 Å². The molecule has 1 rings (SSSR count). The molecule has 0 aliphatic carbocycles. The van der Waals surface area contributed by atoms with Gasteiger partial charge in [-0.25, -0.2) is 10.1 Å². The molecule has 0 saturated carbocycles. The van der Waals surface area contributed by atoms with Crippen molar-refractivity contribution in [1.29, 1.82) is 0 Å². The third kappa shape index (κ3) is 1.21. The lowest BCUT2D eigenvalue weighted by molar-refractivity contribution is 0.760. The molecule has 4 nitrogen and oxygen atoms in total. The highest BCUT2D eigenvalue weighted by Gasteiger charge is 2.04. The van der Waals surface area contributed by atoms with Gasteiger partial charge in [-0.2, -0.15) is 0 Å². The fourth-order valence-corrected chi connectivity index (χ4v) is 0.654. The smallest absolute Gasteiger partial charge is 0.266 e. The van der Waals surface area contributed by atoms with E-state index in [1.807, 2.05) is 13.8 Å². The largest absolute Gasteiger partial charge is 0.286 e. The standard InChI is InChI=1S/C6H8N3O/c1-4(2)5-6(10)9-8-3-7-5/h4H,1-2H3,(H,9,10). The predicted octanol–water partition coefficient (Wildman–Crippen LogP) is 0.0885. The molecular weight excluding hydrogens is 130 g/mol. The number of nitrogens with one attached hydrogen (secondary N) is 1. The lowest BCUT2D eigenvalue weighted by Gasteiger charge is -1.97. The highest BCUT2D eigenvalue weighted by Crippen LogP contribution is 2.02. The number of hydrogen-bond donors (Lipinski definition) is 1. The molecule has 10 heavy (non-hydrogen) atoms. The fraction of sp³-hybridized carbons (Fsp3) is 0.500. The first-order valence-electron chi connectivity index (χ1n) is 3.04. The molecule has 0 aliphatic rings. The molecule has 4 heteroatoms. The molecule has 0 saturated heterocycles. The number of hydrogen-bond acceptors (Lipinski definition) is 3. The Morgan fingerprint density at radius 2 is 2.30 bits per heavy atom. The Morgan fingerprint density at radius 1 is 1.60 bits per heavy atom. The van der Waals surface area contributed by atoms with Crippen molar-refractivity contribution in [2.75, 3.05) is 0 Å². The molecule has 1 aromatic heterocycles. The summed E-state index contributed by atoms with van der Waals surface area (Å²) in [5.41, 5.74) is 0.253. The summed E-state index contributed by atoms with van der Waals surface area (Å²) in [6.07, 6.45) is 2.33. The van der Waals surface area contributed by atoms with Gasteiger partial charge < -0.3 is 0 Å². The number of aromatic amines is 1. The minimum atomic E-state index is -0.228. The number of H-pyrrole nitrogens is 1. The zero-order chi connectivity index (χ0) is 7.56. The molecule has 0 bridgehead atoms. The van der Waals surface area contributed by atoms with Crippen molar-refractivity contribution in [3.8, 4) is 0 Å². The van der Waals surface area contributed by atoms with Crippen molar-refractivity contribution >= 4 is 0 Å². The first-order valence-corrected chi connectivity index (χ1v) is 3.04. The Kier molecular flexibility index (Phi) is 1.80. The van der Waals surface area contributed by atoms with E-state index in [2.05, 4.69) is 21.5 Å². The second-order valence-corrected chi connectivity index (χ2v) is 2.30. The molecule has 1 heterocycles. The van der Waals surface area contributed by atoms with Crippen LogP contribution >= 0.6 is 0 Å². The molecule has 0 spiro atoms. The average Bonchev–Trinajstić information content (AvgIpc) is 1.88. The Labute approximate surface area is 58.3 Å². The molecule has 0 unspecified atom stereocenters. The first kappa shape index (κ1) is 6.92. The van der Waals surface area contributed by atoms with Crippen molar-refractivity contribution < 1.29 is 0 Å². The molecule has 53 valence electrons. The minimum absolute atomic E-state index is 0.128. The number of nitrogens with zero attached hydrogens (tertiary/aromatic N) is 2. The van der Waals surface area contributed by atoms with Gasteiger partial charge in [-0.1, -0.05) is 13.8 Å². The second-order valence-electron chi connectivity index (χ2n) is 2.30. The van der Waals surface area contributed by atoms with Gasteiger partial charge in [-0.05, 0) is 0 Å². The Bertz CT molecular complexity index is 266. The predicted molar refractivity (Wildman–Crippen MR) is 35.6 cm³/mol. The van der Waals surface area contributed by atoms with Crippen LogP contribution in [0.3, 0.4) is 0 Å². The molecule has 0 aliphatic heterocycles. The quantitative estimate of drug-likeness (QED) is 0.598. The van der Waals surface area contributed by atoms with Crippen molar-refractivity contribution in [3.63, 3.8) is 0 Å². The summed E-state index contributed by atoms with van der Waals surface area (Å²) in [6, 6.07) is 0. The number of aromatic nitrogens is 3. The van der Waals surface area contributed by atoms with Crippen molar-refractivity contribution in [2.24, 2.45) is 0 Å². The van der Waals surface area contributed by atoms with E-state index in [4.69, 9.17) is 0 Å². The van der Waals surface area contributed by atoms with E-state index in [1.54, 1.807) is 0 Å². The Morgan fingerprint density at radius 3 is 2.70 bits per heavy atom. The van der Waals surface area contributed by atoms with Crippen LogP contribution in [0.25, 0.3) is 0 Å². The zero-order valence-corrected chi connectivity index (χ0v) is 5.88. The molecule has 0 atom stereocenters. The Hall–Kier alpha value is -1.19. The van der Waals surface area contributed by atoms with Crippen LogP contribution in [0, 0.1) is 6.33 Å². The third-order valence-electron chi connectivity index (χ3n) is 1.16. The van der Waals surface area contributed by atoms with Crippen LogP contribution in [-0.2, 0) is 0 Å². The van der Waals surface area contributed by atoms with Crippen molar-refractivity contribution in [3.05, 3.63) is 22.4 Å².